The molecule has 1 aromatic rings. The van der Waals surface area contributed by atoms with Crippen molar-refractivity contribution >= 4 is 27.9 Å². The van der Waals surface area contributed by atoms with Crippen LogP contribution < -0.4 is 5.32 Å². The van der Waals surface area contributed by atoms with Crippen LogP contribution in [0.15, 0.2) is 28.7 Å². The molecule has 0 saturated carbocycles. The first kappa shape index (κ1) is 19.5. The lowest BCUT2D eigenvalue weighted by Crippen LogP contribution is -2.73. The predicted octanol–water partition coefficient (Wildman–Crippen LogP) is 2.58. The highest BCUT2D eigenvalue weighted by Crippen LogP contribution is 2.46. The lowest BCUT2D eigenvalue weighted by molar-refractivity contribution is -0.328. The molecule has 0 bridgehead atoms. The standard InChI is InChI=1S/C15H16BrF3N2O4/c1-3-25-12(22)10-11(8-4-6-9(16)7-5-8)20-13(23)21(2)14(10,24)15(17,18)19/h4-7,10-11,24H,3H2,1-2H3,(H,20,23). The molecule has 1 heterocycles. The summed E-state index contributed by atoms with van der Waals surface area (Å²) in [7, 11) is 0.771. The molecule has 2 N–H and O–H groups in total. The van der Waals surface area contributed by atoms with Gasteiger partial charge in [0, 0.05) is 11.5 Å². The van der Waals surface area contributed by atoms with Crippen molar-refractivity contribution < 1.29 is 32.6 Å². The van der Waals surface area contributed by atoms with Gasteiger partial charge in [-0.1, -0.05) is 28.1 Å². The van der Waals surface area contributed by atoms with E-state index >= 15 is 0 Å². The van der Waals surface area contributed by atoms with Crippen LogP contribution in [0.4, 0.5) is 18.0 Å². The largest absolute Gasteiger partial charge is 0.466 e. The summed E-state index contributed by atoms with van der Waals surface area (Å²) in [6.07, 6.45) is -5.27. The van der Waals surface area contributed by atoms with Gasteiger partial charge in [-0.3, -0.25) is 9.69 Å². The summed E-state index contributed by atoms with van der Waals surface area (Å²) < 4.78 is 46.4. The van der Waals surface area contributed by atoms with Gasteiger partial charge >= 0.3 is 18.2 Å². The molecule has 3 unspecified atom stereocenters. The van der Waals surface area contributed by atoms with E-state index < -0.39 is 35.9 Å². The number of urea groups is 1. The third-order valence-corrected chi connectivity index (χ3v) is 4.58. The Hall–Kier alpha value is -1.81. The minimum absolute atomic E-state index is 0.0734. The lowest BCUT2D eigenvalue weighted by Gasteiger charge is -2.49. The van der Waals surface area contributed by atoms with Crippen LogP contribution in [0, 0.1) is 5.92 Å². The van der Waals surface area contributed by atoms with Crippen molar-refractivity contribution in [1.29, 1.82) is 0 Å². The fraction of sp³-hybridized carbons (Fsp3) is 0.467. The molecule has 1 fully saturated rings. The minimum atomic E-state index is -5.27. The van der Waals surface area contributed by atoms with Crippen LogP contribution in [0.3, 0.4) is 0 Å². The first-order valence-corrected chi connectivity index (χ1v) is 8.08. The van der Waals surface area contributed by atoms with Crippen LogP contribution in [0.1, 0.15) is 18.5 Å². The number of carbonyl (C=O) groups excluding carboxylic acids is 2. The van der Waals surface area contributed by atoms with Gasteiger partial charge in [0.15, 0.2) is 0 Å². The monoisotopic (exact) mass is 424 g/mol. The zero-order valence-electron chi connectivity index (χ0n) is 13.3. The molecule has 2 rings (SSSR count). The Kier molecular flexibility index (Phi) is 5.33. The molecule has 25 heavy (non-hydrogen) atoms. The van der Waals surface area contributed by atoms with E-state index in [2.05, 4.69) is 21.2 Å². The number of amides is 2. The molecule has 1 aliphatic rings. The minimum Gasteiger partial charge on any atom is -0.466 e. The number of carbonyl (C=O) groups is 2. The van der Waals surface area contributed by atoms with Crippen LogP contribution in [0.25, 0.3) is 0 Å². The highest BCUT2D eigenvalue weighted by molar-refractivity contribution is 9.10. The summed E-state index contributed by atoms with van der Waals surface area (Å²) in [4.78, 5) is 24.4. The van der Waals surface area contributed by atoms with Crippen molar-refractivity contribution in [1.82, 2.24) is 10.2 Å². The lowest BCUT2D eigenvalue weighted by atomic mass is 9.81. The number of nitrogens with zero attached hydrogens (tertiary/aromatic N) is 1. The first-order chi connectivity index (χ1) is 11.5. The molecule has 6 nitrogen and oxygen atoms in total. The molecule has 1 aromatic carbocycles. The Morgan fingerprint density at radius 3 is 2.44 bits per heavy atom. The number of nitrogens with one attached hydrogen (secondary N) is 1. The molecule has 0 spiro atoms. The van der Waals surface area contributed by atoms with E-state index in [4.69, 9.17) is 4.74 Å². The number of esters is 1. The van der Waals surface area contributed by atoms with Crippen molar-refractivity contribution in [2.45, 2.75) is 24.9 Å². The maximum absolute atomic E-state index is 13.7. The third kappa shape index (κ3) is 3.32. The van der Waals surface area contributed by atoms with Gasteiger partial charge in [-0.25, -0.2) is 4.79 Å². The van der Waals surface area contributed by atoms with Gasteiger partial charge in [-0.15, -0.1) is 0 Å². The number of ether oxygens (including phenoxy) is 1. The molecule has 10 heteroatoms. The summed E-state index contributed by atoms with van der Waals surface area (Å²) in [5.74, 6) is -3.36. The van der Waals surface area contributed by atoms with E-state index in [1.165, 1.54) is 19.1 Å². The highest BCUT2D eigenvalue weighted by atomic mass is 79.9. The second kappa shape index (κ2) is 6.83. The van der Waals surface area contributed by atoms with Crippen molar-refractivity contribution in [2.75, 3.05) is 13.7 Å². The molecule has 0 aliphatic carbocycles. The van der Waals surface area contributed by atoms with E-state index in [-0.39, 0.29) is 17.1 Å². The number of alkyl halides is 3. The Morgan fingerprint density at radius 1 is 1.40 bits per heavy atom. The molecule has 138 valence electrons. The topological polar surface area (TPSA) is 78.9 Å². The van der Waals surface area contributed by atoms with E-state index in [1.807, 2.05) is 0 Å². The molecule has 1 aliphatic heterocycles. The number of aliphatic hydroxyl groups is 1. The summed E-state index contributed by atoms with van der Waals surface area (Å²) in [6, 6.07) is 3.42. The van der Waals surface area contributed by atoms with Crippen LogP contribution in [0.2, 0.25) is 0 Å². The molecular formula is C15H16BrF3N2O4. The van der Waals surface area contributed by atoms with Gasteiger partial charge in [0.25, 0.3) is 5.72 Å². The van der Waals surface area contributed by atoms with Gasteiger partial charge < -0.3 is 15.2 Å². The zero-order valence-corrected chi connectivity index (χ0v) is 14.9. The Morgan fingerprint density at radius 2 is 1.96 bits per heavy atom. The van der Waals surface area contributed by atoms with Gasteiger partial charge in [0.1, 0.15) is 5.92 Å². The van der Waals surface area contributed by atoms with Gasteiger partial charge in [0.05, 0.1) is 12.6 Å². The molecule has 2 amide bonds. The van der Waals surface area contributed by atoms with Crippen molar-refractivity contribution in [3.8, 4) is 0 Å². The Labute approximate surface area is 150 Å². The van der Waals surface area contributed by atoms with Crippen LogP contribution in [-0.2, 0) is 9.53 Å². The van der Waals surface area contributed by atoms with Gasteiger partial charge in [-0.2, -0.15) is 13.2 Å². The fourth-order valence-corrected chi connectivity index (χ4v) is 3.02. The summed E-state index contributed by atoms with van der Waals surface area (Å²) >= 11 is 3.20. The normalized spacial score (nSPS) is 27.0. The number of halogens is 4. The van der Waals surface area contributed by atoms with E-state index in [0.29, 0.717) is 4.47 Å². The maximum atomic E-state index is 13.7. The van der Waals surface area contributed by atoms with E-state index in [9.17, 15) is 27.9 Å². The van der Waals surface area contributed by atoms with Crippen LogP contribution in [-0.4, -0.2) is 47.6 Å². The van der Waals surface area contributed by atoms with Crippen LogP contribution in [0.5, 0.6) is 0 Å². The van der Waals surface area contributed by atoms with Crippen molar-refractivity contribution in [3.63, 3.8) is 0 Å². The SMILES string of the molecule is CCOC(=O)C1C(c2ccc(Br)cc2)NC(=O)N(C)C1(O)C(F)(F)F. The fourth-order valence-electron chi connectivity index (χ4n) is 2.75. The first-order valence-electron chi connectivity index (χ1n) is 7.29. The van der Waals surface area contributed by atoms with Gasteiger partial charge in [-0.05, 0) is 24.6 Å². The molecule has 1 saturated heterocycles. The third-order valence-electron chi connectivity index (χ3n) is 4.05. The Balaban J connectivity index is 2.62. The quantitative estimate of drug-likeness (QED) is 0.730. The zero-order chi connectivity index (χ0) is 19.0. The van der Waals surface area contributed by atoms with E-state index in [1.54, 1.807) is 12.1 Å². The maximum Gasteiger partial charge on any atom is 0.437 e. The van der Waals surface area contributed by atoms with Crippen molar-refractivity contribution in [3.05, 3.63) is 34.3 Å². The van der Waals surface area contributed by atoms with Gasteiger partial charge in [0.2, 0.25) is 0 Å². The molecular weight excluding hydrogens is 409 g/mol. The molecule has 0 radical (unpaired) electrons. The summed E-state index contributed by atoms with van der Waals surface area (Å²) in [6.45, 7) is 1.26. The number of hydrogen-bond donors (Lipinski definition) is 2. The predicted molar refractivity (Wildman–Crippen MR) is 84.3 cm³/mol. The smallest absolute Gasteiger partial charge is 0.437 e. The average molecular weight is 425 g/mol. The summed E-state index contributed by atoms with van der Waals surface area (Å²) in [5.41, 5.74) is -3.48. The Bertz CT molecular complexity index is 668. The second-order valence-electron chi connectivity index (χ2n) is 5.49. The van der Waals surface area contributed by atoms with Crippen LogP contribution >= 0.6 is 15.9 Å². The average Bonchev–Trinajstić information content (AvgIpc) is 2.52. The van der Waals surface area contributed by atoms with E-state index in [0.717, 1.165) is 7.05 Å². The highest BCUT2D eigenvalue weighted by Gasteiger charge is 2.69. The molecule has 3 atom stereocenters. The number of rotatable bonds is 3. The van der Waals surface area contributed by atoms with Crippen molar-refractivity contribution in [2.24, 2.45) is 5.92 Å². The molecule has 0 aromatic heterocycles. The number of benzene rings is 1. The second-order valence-corrected chi connectivity index (χ2v) is 6.41. The number of hydrogen-bond acceptors (Lipinski definition) is 4. The summed E-state index contributed by atoms with van der Waals surface area (Å²) in [5, 5.41) is 12.7.